The van der Waals surface area contributed by atoms with Crippen molar-refractivity contribution in [3.63, 3.8) is 0 Å². The van der Waals surface area contributed by atoms with Gasteiger partial charge in [-0.15, -0.1) is 0 Å². The van der Waals surface area contributed by atoms with E-state index in [0.29, 0.717) is 0 Å². The van der Waals surface area contributed by atoms with Gasteiger partial charge in [-0.2, -0.15) is 0 Å². The van der Waals surface area contributed by atoms with E-state index in [4.69, 9.17) is 18.6 Å². The summed E-state index contributed by atoms with van der Waals surface area (Å²) in [6.45, 7) is 1.17. The van der Waals surface area contributed by atoms with Crippen LogP contribution in [0.3, 0.4) is 0 Å². The third kappa shape index (κ3) is 5.69. The Morgan fingerprint density at radius 1 is 0.814 bits per heavy atom. The number of hydrogen-bond donors (Lipinski definition) is 10. The van der Waals surface area contributed by atoms with E-state index in [1.54, 1.807) is 6.92 Å². The minimum Gasteiger partial charge on any atom is -0.508 e. The topological polar surface area (TPSA) is 260 Å². The lowest BCUT2D eigenvalue weighted by Gasteiger charge is -2.42. The van der Waals surface area contributed by atoms with Crippen LogP contribution in [0.5, 0.6) is 28.7 Å². The molecule has 3 aromatic rings. The number of ether oxygens (including phenoxy) is 3. The summed E-state index contributed by atoms with van der Waals surface area (Å²) in [5.41, 5.74) is -1.30. The first-order valence-corrected chi connectivity index (χ1v) is 13.4. The van der Waals surface area contributed by atoms with E-state index in [1.165, 1.54) is 6.07 Å². The first-order chi connectivity index (χ1) is 20.3. The predicted octanol–water partition coefficient (Wildman–Crippen LogP) is -1.02. The molecule has 1 aliphatic heterocycles. The molecule has 0 amide bonds. The lowest BCUT2D eigenvalue weighted by Crippen LogP contribution is -2.61. The number of phenolic OH excluding ortho intramolecular Hbond substituents is 4. The summed E-state index contributed by atoms with van der Waals surface area (Å²) < 4.78 is 22.8. The molecule has 2 heterocycles. The van der Waals surface area contributed by atoms with Crippen LogP contribution in [0.25, 0.3) is 22.3 Å². The molecule has 2 aliphatic rings. The molecule has 1 aliphatic carbocycles. The summed E-state index contributed by atoms with van der Waals surface area (Å²) in [7, 11) is 0. The van der Waals surface area contributed by atoms with Crippen LogP contribution in [0.1, 0.15) is 13.3 Å². The number of aliphatic hydroxyl groups is 6. The molecule has 0 radical (unpaired) electrons. The maximum atomic E-state index is 13.6. The lowest BCUT2D eigenvalue weighted by molar-refractivity contribution is -0.285. The fourth-order valence-corrected chi connectivity index (χ4v) is 5.29. The average molecular weight is 609 g/mol. The van der Waals surface area contributed by atoms with Crippen molar-refractivity contribution >= 4 is 11.0 Å². The van der Waals surface area contributed by atoms with Gasteiger partial charge in [-0.1, -0.05) is 6.92 Å². The second-order valence-corrected chi connectivity index (χ2v) is 10.8. The van der Waals surface area contributed by atoms with E-state index in [1.807, 2.05) is 0 Å². The number of hydrogen-bond acceptors (Lipinski definition) is 15. The van der Waals surface area contributed by atoms with Crippen LogP contribution >= 0.6 is 0 Å². The molecule has 2 aromatic carbocycles. The van der Waals surface area contributed by atoms with Gasteiger partial charge in [-0.3, -0.25) is 4.79 Å². The molecule has 5 rings (SSSR count). The van der Waals surface area contributed by atoms with Gasteiger partial charge in [0.2, 0.25) is 17.5 Å². The Labute approximate surface area is 242 Å². The molecular formula is C28H32O15. The molecule has 2 fully saturated rings. The Kier molecular flexibility index (Phi) is 8.43. The SMILES string of the molecule is C[C@@H]1C[C@@H](OC[C@H]2O[C@@H](Oc3c(-c4ccc(O)c(O)c4)oc4cc(O)cc(O)c4c3=O)[C@H](O)[C@@H](O)[C@@H]2O)[C@H](O)[C@@H](O)[C@H]1O. The van der Waals surface area contributed by atoms with Gasteiger partial charge >= 0.3 is 0 Å². The Balaban J connectivity index is 1.48. The molecule has 10 N–H and O–H groups in total. The van der Waals surface area contributed by atoms with Crippen molar-refractivity contribution in [3.05, 3.63) is 40.6 Å². The summed E-state index contributed by atoms with van der Waals surface area (Å²) in [5, 5.41) is 102. The molecule has 1 saturated carbocycles. The highest BCUT2D eigenvalue weighted by molar-refractivity contribution is 5.88. The zero-order valence-electron chi connectivity index (χ0n) is 22.6. The molecule has 0 spiro atoms. The number of benzene rings is 2. The van der Waals surface area contributed by atoms with E-state index < -0.39 is 107 Å². The summed E-state index contributed by atoms with van der Waals surface area (Å²) in [5.74, 6) is -3.68. The van der Waals surface area contributed by atoms with Crippen molar-refractivity contribution in [2.24, 2.45) is 5.92 Å². The van der Waals surface area contributed by atoms with Crippen LogP contribution in [0.15, 0.2) is 39.5 Å². The molecule has 1 aromatic heterocycles. The van der Waals surface area contributed by atoms with Gasteiger partial charge in [0.1, 0.15) is 59.1 Å². The largest absolute Gasteiger partial charge is 0.508 e. The third-order valence-corrected chi connectivity index (χ3v) is 7.80. The number of fused-ring (bicyclic) bond motifs is 1. The van der Waals surface area contributed by atoms with Crippen LogP contribution in [-0.4, -0.2) is 113 Å². The van der Waals surface area contributed by atoms with Crippen molar-refractivity contribution in [2.45, 2.75) is 68.5 Å². The van der Waals surface area contributed by atoms with E-state index >= 15 is 0 Å². The lowest BCUT2D eigenvalue weighted by atomic mass is 9.82. The predicted molar refractivity (Wildman–Crippen MR) is 143 cm³/mol. The normalized spacial score (nSPS) is 33.0. The molecule has 0 bridgehead atoms. The molecule has 234 valence electrons. The second kappa shape index (κ2) is 11.8. The first kappa shape index (κ1) is 30.8. The van der Waals surface area contributed by atoms with E-state index in [2.05, 4.69) is 0 Å². The summed E-state index contributed by atoms with van der Waals surface area (Å²) in [6.07, 6.45) is -13.7. The Hall–Kier alpha value is -3.67. The average Bonchev–Trinajstić information content (AvgIpc) is 2.96. The highest BCUT2D eigenvalue weighted by Gasteiger charge is 2.47. The van der Waals surface area contributed by atoms with Crippen molar-refractivity contribution < 1.29 is 69.7 Å². The molecule has 43 heavy (non-hydrogen) atoms. The number of rotatable bonds is 6. The van der Waals surface area contributed by atoms with Gasteiger partial charge in [0.15, 0.2) is 17.3 Å². The zero-order valence-corrected chi connectivity index (χ0v) is 22.6. The molecule has 0 unspecified atom stereocenters. The maximum Gasteiger partial charge on any atom is 0.239 e. The van der Waals surface area contributed by atoms with Crippen LogP contribution in [0.4, 0.5) is 0 Å². The minimum atomic E-state index is -1.94. The summed E-state index contributed by atoms with van der Waals surface area (Å²) >= 11 is 0. The summed E-state index contributed by atoms with van der Waals surface area (Å²) in [4.78, 5) is 13.6. The van der Waals surface area contributed by atoms with E-state index in [9.17, 15) is 55.9 Å². The highest BCUT2D eigenvalue weighted by atomic mass is 16.7. The van der Waals surface area contributed by atoms with Crippen molar-refractivity contribution in [3.8, 4) is 40.1 Å². The van der Waals surface area contributed by atoms with Crippen molar-refractivity contribution in [1.82, 2.24) is 0 Å². The first-order valence-electron chi connectivity index (χ1n) is 13.4. The van der Waals surface area contributed by atoms with E-state index in [-0.39, 0.29) is 23.3 Å². The Morgan fingerprint density at radius 2 is 1.51 bits per heavy atom. The second-order valence-electron chi connectivity index (χ2n) is 10.8. The van der Waals surface area contributed by atoms with Crippen molar-refractivity contribution in [2.75, 3.05) is 6.61 Å². The van der Waals surface area contributed by atoms with Gasteiger partial charge in [0.05, 0.1) is 18.8 Å². The third-order valence-electron chi connectivity index (χ3n) is 7.80. The van der Waals surface area contributed by atoms with Gasteiger partial charge < -0.3 is 69.7 Å². The smallest absolute Gasteiger partial charge is 0.239 e. The standard InChI is InChI=1S/C28H32O15/c1-9-4-16(20(34)23(37)19(9)33)40-8-17-21(35)24(38)25(39)28(42-17)43-27-22(36)18-14(32)6-11(29)7-15(18)41-26(27)10-2-3-12(30)13(31)5-10/h2-3,5-7,9,16-17,19-21,23-25,28-35,37-39H,4,8H2,1H3/t9-,16-,17-,19+,20+,21-,23+,24+,25-,28+/m1/s1. The van der Waals surface area contributed by atoms with Crippen LogP contribution < -0.4 is 10.2 Å². The van der Waals surface area contributed by atoms with Crippen LogP contribution in [-0.2, 0) is 9.47 Å². The fraction of sp³-hybridized carbons (Fsp3) is 0.464. The van der Waals surface area contributed by atoms with Gasteiger partial charge in [-0.05, 0) is 30.5 Å². The number of phenols is 4. The van der Waals surface area contributed by atoms with Gasteiger partial charge in [0.25, 0.3) is 0 Å². The zero-order chi connectivity index (χ0) is 31.3. The Bertz CT molecular complexity index is 1540. The molecule has 15 nitrogen and oxygen atoms in total. The Morgan fingerprint density at radius 3 is 2.21 bits per heavy atom. The molecule has 1 saturated heterocycles. The van der Waals surface area contributed by atoms with Crippen LogP contribution in [0, 0.1) is 5.92 Å². The fourth-order valence-electron chi connectivity index (χ4n) is 5.29. The quantitative estimate of drug-likeness (QED) is 0.150. The van der Waals surface area contributed by atoms with Crippen molar-refractivity contribution in [1.29, 1.82) is 0 Å². The molecule has 10 atom stereocenters. The van der Waals surface area contributed by atoms with E-state index in [0.717, 1.165) is 24.3 Å². The number of aromatic hydroxyl groups is 4. The minimum absolute atomic E-state index is 0.0148. The molecular weight excluding hydrogens is 576 g/mol. The summed E-state index contributed by atoms with van der Waals surface area (Å²) in [6, 6.07) is 5.30. The molecule has 15 heteroatoms. The monoisotopic (exact) mass is 608 g/mol. The van der Waals surface area contributed by atoms with Gasteiger partial charge in [-0.25, -0.2) is 0 Å². The highest BCUT2D eigenvalue weighted by Crippen LogP contribution is 2.39. The van der Waals surface area contributed by atoms with Crippen LogP contribution in [0.2, 0.25) is 0 Å². The number of aliphatic hydroxyl groups excluding tert-OH is 6. The van der Waals surface area contributed by atoms with Gasteiger partial charge in [0, 0.05) is 17.7 Å². The maximum absolute atomic E-state index is 13.6.